The third kappa shape index (κ3) is 3.83. The Morgan fingerprint density at radius 3 is 2.87 bits per heavy atom. The summed E-state index contributed by atoms with van der Waals surface area (Å²) >= 11 is 3.55. The van der Waals surface area contributed by atoms with E-state index in [-0.39, 0.29) is 0 Å². The van der Waals surface area contributed by atoms with E-state index >= 15 is 0 Å². The summed E-state index contributed by atoms with van der Waals surface area (Å²) in [5.41, 5.74) is 1.73. The van der Waals surface area contributed by atoms with Gasteiger partial charge in [-0.3, -0.25) is 9.80 Å². The first kappa shape index (κ1) is 15.7. The quantitative estimate of drug-likeness (QED) is 0.849. The van der Waals surface area contributed by atoms with Crippen LogP contribution < -0.4 is 0 Å². The van der Waals surface area contributed by atoms with Crippen LogP contribution in [0.5, 0.6) is 0 Å². The normalized spacial score (nSPS) is 26.8. The largest absolute Gasteiger partial charge is 0.379 e. The van der Waals surface area contributed by atoms with Crippen molar-refractivity contribution < 1.29 is 4.74 Å². The smallest absolute Gasteiger partial charge is 0.107 e. The minimum absolute atomic E-state index is 0.295. The van der Waals surface area contributed by atoms with Crippen molar-refractivity contribution in [3.05, 3.63) is 39.0 Å². The minimum atomic E-state index is 0.295. The zero-order valence-corrected chi connectivity index (χ0v) is 15.0. The highest BCUT2D eigenvalue weighted by Crippen LogP contribution is 2.34. The standard InChI is InChI=1S/C17H23N3OS2/c1-7-22-11-15(1)9-20-5-6-21-14-17(13-20)2-4-19(12-17)10-16-18-3-8-23-16/h1,3,7-8,11H,2,4-6,9-10,12-14H2/t17-/m1/s1. The Morgan fingerprint density at radius 1 is 1.17 bits per heavy atom. The lowest BCUT2D eigenvalue weighted by Gasteiger charge is -2.31. The molecule has 124 valence electrons. The number of hydrogen-bond acceptors (Lipinski definition) is 6. The molecule has 0 aliphatic carbocycles. The second-order valence-corrected chi connectivity index (χ2v) is 8.54. The predicted molar refractivity (Wildman–Crippen MR) is 94.9 cm³/mol. The topological polar surface area (TPSA) is 28.6 Å². The molecule has 1 spiro atoms. The average Bonchev–Trinajstić information content (AvgIpc) is 3.25. The van der Waals surface area contributed by atoms with Gasteiger partial charge in [-0.05, 0) is 35.4 Å². The Kier molecular flexibility index (Phi) is 4.78. The Balaban J connectivity index is 1.40. The maximum absolute atomic E-state index is 5.99. The molecule has 1 atom stereocenters. The fourth-order valence-corrected chi connectivity index (χ4v) is 5.11. The molecule has 0 aromatic carbocycles. The van der Waals surface area contributed by atoms with E-state index in [1.54, 1.807) is 22.7 Å². The fourth-order valence-electron chi connectivity index (χ4n) is 3.79. The van der Waals surface area contributed by atoms with Crippen LogP contribution in [0.1, 0.15) is 17.0 Å². The predicted octanol–water partition coefficient (Wildman–Crippen LogP) is 2.93. The van der Waals surface area contributed by atoms with Crippen LogP contribution in [0.2, 0.25) is 0 Å². The van der Waals surface area contributed by atoms with Crippen molar-refractivity contribution in [2.24, 2.45) is 5.41 Å². The van der Waals surface area contributed by atoms with Crippen LogP contribution >= 0.6 is 22.7 Å². The number of ether oxygens (including phenoxy) is 1. The molecule has 2 aliphatic rings. The van der Waals surface area contributed by atoms with E-state index in [0.29, 0.717) is 5.41 Å². The van der Waals surface area contributed by atoms with Gasteiger partial charge in [0.2, 0.25) is 0 Å². The molecule has 0 bridgehead atoms. The zero-order chi connectivity index (χ0) is 15.5. The van der Waals surface area contributed by atoms with E-state index in [4.69, 9.17) is 4.74 Å². The molecule has 23 heavy (non-hydrogen) atoms. The second-order valence-electron chi connectivity index (χ2n) is 6.78. The van der Waals surface area contributed by atoms with Gasteiger partial charge in [0, 0.05) is 43.2 Å². The molecule has 0 saturated carbocycles. The Hall–Kier alpha value is -0.790. The number of rotatable bonds is 4. The molecule has 2 aliphatic heterocycles. The van der Waals surface area contributed by atoms with Gasteiger partial charge in [0.05, 0.1) is 19.8 Å². The van der Waals surface area contributed by atoms with E-state index in [2.05, 4.69) is 37.0 Å². The number of thiazole rings is 1. The molecule has 4 heterocycles. The van der Waals surface area contributed by atoms with Crippen LogP contribution in [-0.2, 0) is 17.8 Å². The molecule has 2 fully saturated rings. The van der Waals surface area contributed by atoms with Gasteiger partial charge < -0.3 is 4.74 Å². The van der Waals surface area contributed by atoms with Crippen LogP contribution in [0.25, 0.3) is 0 Å². The van der Waals surface area contributed by atoms with Crippen molar-refractivity contribution in [1.82, 2.24) is 14.8 Å². The molecule has 4 rings (SSSR count). The highest BCUT2D eigenvalue weighted by Gasteiger charge is 2.41. The summed E-state index contributed by atoms with van der Waals surface area (Å²) in [5, 5.41) is 7.73. The lowest BCUT2D eigenvalue weighted by Crippen LogP contribution is -2.40. The van der Waals surface area contributed by atoms with Gasteiger partial charge >= 0.3 is 0 Å². The van der Waals surface area contributed by atoms with Gasteiger partial charge in [0.25, 0.3) is 0 Å². The van der Waals surface area contributed by atoms with Crippen molar-refractivity contribution in [2.45, 2.75) is 19.5 Å². The summed E-state index contributed by atoms with van der Waals surface area (Å²) in [6.07, 6.45) is 3.14. The third-order valence-electron chi connectivity index (χ3n) is 4.87. The SMILES string of the molecule is c1csc(CN2CC[C@@]3(COCCN(Cc4ccsc4)C3)C2)n1. The van der Waals surface area contributed by atoms with Crippen molar-refractivity contribution in [3.63, 3.8) is 0 Å². The minimum Gasteiger partial charge on any atom is -0.379 e. The van der Waals surface area contributed by atoms with Crippen molar-refractivity contribution >= 4 is 22.7 Å². The number of aromatic nitrogens is 1. The molecule has 2 aromatic rings. The average molecular weight is 350 g/mol. The third-order valence-corrected chi connectivity index (χ3v) is 6.36. The first-order chi connectivity index (χ1) is 11.3. The molecule has 2 saturated heterocycles. The number of hydrogen-bond donors (Lipinski definition) is 0. The first-order valence-corrected chi connectivity index (χ1v) is 10.1. The van der Waals surface area contributed by atoms with E-state index in [9.17, 15) is 0 Å². The van der Waals surface area contributed by atoms with Gasteiger partial charge in [-0.15, -0.1) is 11.3 Å². The van der Waals surface area contributed by atoms with Crippen molar-refractivity contribution in [2.75, 3.05) is 39.4 Å². The van der Waals surface area contributed by atoms with Crippen LogP contribution in [0.4, 0.5) is 0 Å². The number of nitrogens with zero attached hydrogens (tertiary/aromatic N) is 3. The Morgan fingerprint density at radius 2 is 2.09 bits per heavy atom. The summed E-state index contributed by atoms with van der Waals surface area (Å²) in [4.78, 5) is 9.57. The van der Waals surface area contributed by atoms with Crippen LogP contribution in [0.15, 0.2) is 28.4 Å². The first-order valence-electron chi connectivity index (χ1n) is 8.23. The number of thiophene rings is 1. The number of likely N-dealkylation sites (tertiary alicyclic amines) is 1. The molecule has 0 N–H and O–H groups in total. The van der Waals surface area contributed by atoms with Gasteiger partial charge in [-0.2, -0.15) is 11.3 Å². The monoisotopic (exact) mass is 349 g/mol. The summed E-state index contributed by atoms with van der Waals surface area (Å²) in [7, 11) is 0. The molecule has 2 aromatic heterocycles. The van der Waals surface area contributed by atoms with Gasteiger partial charge in [-0.25, -0.2) is 4.98 Å². The molecule has 6 heteroatoms. The Labute approximate surface area is 145 Å². The van der Waals surface area contributed by atoms with Crippen LogP contribution in [-0.4, -0.2) is 54.2 Å². The van der Waals surface area contributed by atoms with Gasteiger partial charge in [0.1, 0.15) is 5.01 Å². The highest BCUT2D eigenvalue weighted by atomic mass is 32.1. The van der Waals surface area contributed by atoms with Crippen LogP contribution in [0, 0.1) is 5.41 Å². The lowest BCUT2D eigenvalue weighted by molar-refractivity contribution is 0.0706. The van der Waals surface area contributed by atoms with Crippen molar-refractivity contribution in [3.8, 4) is 0 Å². The molecule has 4 nitrogen and oxygen atoms in total. The summed E-state index contributed by atoms with van der Waals surface area (Å²) in [6, 6.07) is 2.24. The Bertz CT molecular complexity index is 601. The van der Waals surface area contributed by atoms with Crippen LogP contribution in [0.3, 0.4) is 0 Å². The maximum atomic E-state index is 5.99. The highest BCUT2D eigenvalue weighted by molar-refractivity contribution is 7.09. The summed E-state index contributed by atoms with van der Waals surface area (Å²) in [5.74, 6) is 0. The fraction of sp³-hybridized carbons (Fsp3) is 0.588. The zero-order valence-electron chi connectivity index (χ0n) is 13.3. The van der Waals surface area contributed by atoms with E-state index < -0.39 is 0 Å². The molecule has 0 amide bonds. The molecular weight excluding hydrogens is 326 g/mol. The summed E-state index contributed by atoms with van der Waals surface area (Å²) < 4.78 is 5.99. The van der Waals surface area contributed by atoms with E-state index in [0.717, 1.165) is 52.5 Å². The second kappa shape index (κ2) is 6.99. The lowest BCUT2D eigenvalue weighted by atomic mass is 9.87. The van der Waals surface area contributed by atoms with Gasteiger partial charge in [-0.1, -0.05) is 0 Å². The van der Waals surface area contributed by atoms with E-state index in [1.165, 1.54) is 17.0 Å². The van der Waals surface area contributed by atoms with Gasteiger partial charge in [0.15, 0.2) is 0 Å². The van der Waals surface area contributed by atoms with E-state index in [1.807, 2.05) is 6.20 Å². The van der Waals surface area contributed by atoms with Crippen molar-refractivity contribution in [1.29, 1.82) is 0 Å². The molecular formula is C17H23N3OS2. The molecule has 0 unspecified atom stereocenters. The molecule has 0 radical (unpaired) electrons. The maximum Gasteiger partial charge on any atom is 0.107 e. The summed E-state index contributed by atoms with van der Waals surface area (Å²) in [6.45, 7) is 8.30.